The Morgan fingerprint density at radius 2 is 0.855 bits per heavy atom. The molecule has 0 aromatic heterocycles. The van der Waals surface area contributed by atoms with Crippen molar-refractivity contribution in [3.63, 3.8) is 0 Å². The highest BCUT2D eigenvalue weighted by Gasteiger charge is 2.18. The first kappa shape index (κ1) is 53.1. The van der Waals surface area contributed by atoms with Gasteiger partial charge in [-0.1, -0.05) is 179 Å². The molecule has 0 aromatic rings. The molecule has 0 aromatic carbocycles. The summed E-state index contributed by atoms with van der Waals surface area (Å²) in [7, 11) is 0. The Hall–Kier alpha value is -1.92. The SMILES string of the molecule is CCCCCCCCC/C=C\CCCCCCCCCC(=O)OCCCC/C=C\CCCCCCCC(=O)NC(CO)C(O)/C=C/CCCCCCCCC. The van der Waals surface area contributed by atoms with Crippen LogP contribution in [0.25, 0.3) is 0 Å². The van der Waals surface area contributed by atoms with Gasteiger partial charge in [0.25, 0.3) is 0 Å². The Morgan fingerprint density at radius 3 is 1.29 bits per heavy atom. The van der Waals surface area contributed by atoms with Gasteiger partial charge in [-0.05, 0) is 83.5 Å². The lowest BCUT2D eigenvalue weighted by Crippen LogP contribution is -2.45. The molecule has 0 aliphatic rings. The lowest BCUT2D eigenvalue weighted by Gasteiger charge is -2.20. The molecule has 0 bridgehead atoms. The van der Waals surface area contributed by atoms with Crippen LogP contribution in [-0.2, 0) is 14.3 Å². The molecule has 0 fully saturated rings. The first-order valence-electron chi connectivity index (χ1n) is 23.8. The van der Waals surface area contributed by atoms with E-state index < -0.39 is 12.1 Å². The largest absolute Gasteiger partial charge is 0.466 e. The number of amides is 1. The molecule has 3 N–H and O–H groups in total. The number of unbranched alkanes of at least 4 members (excludes halogenated alkanes) is 28. The molecule has 2 unspecified atom stereocenters. The van der Waals surface area contributed by atoms with Crippen LogP contribution in [0.1, 0.15) is 239 Å². The van der Waals surface area contributed by atoms with Crippen LogP contribution >= 0.6 is 0 Å². The van der Waals surface area contributed by atoms with Gasteiger partial charge < -0.3 is 20.3 Å². The van der Waals surface area contributed by atoms with Gasteiger partial charge in [-0.15, -0.1) is 0 Å². The van der Waals surface area contributed by atoms with Crippen LogP contribution in [0.2, 0.25) is 0 Å². The number of carbonyl (C=O) groups is 2. The third kappa shape index (κ3) is 41.5. The third-order valence-electron chi connectivity index (χ3n) is 10.6. The van der Waals surface area contributed by atoms with Gasteiger partial charge in [-0.3, -0.25) is 9.59 Å². The first-order valence-corrected chi connectivity index (χ1v) is 23.8. The van der Waals surface area contributed by atoms with Crippen molar-refractivity contribution in [2.75, 3.05) is 13.2 Å². The number of rotatable bonds is 43. The monoisotopic (exact) mass is 774 g/mol. The van der Waals surface area contributed by atoms with Crippen LogP contribution in [0.15, 0.2) is 36.5 Å². The second kappa shape index (κ2) is 44.8. The fourth-order valence-corrected chi connectivity index (χ4v) is 6.91. The summed E-state index contributed by atoms with van der Waals surface area (Å²) in [6, 6.07) is -0.647. The summed E-state index contributed by atoms with van der Waals surface area (Å²) in [5.41, 5.74) is 0. The summed E-state index contributed by atoms with van der Waals surface area (Å²) in [4.78, 5) is 24.4. The van der Waals surface area contributed by atoms with Crippen LogP contribution < -0.4 is 5.32 Å². The van der Waals surface area contributed by atoms with Crippen LogP contribution in [0.4, 0.5) is 0 Å². The number of aliphatic hydroxyl groups is 2. The Bertz CT molecular complexity index is 900. The number of hydrogen-bond donors (Lipinski definition) is 3. The van der Waals surface area contributed by atoms with Gasteiger partial charge in [0, 0.05) is 12.8 Å². The van der Waals surface area contributed by atoms with Crippen molar-refractivity contribution < 1.29 is 24.5 Å². The van der Waals surface area contributed by atoms with E-state index in [-0.39, 0.29) is 18.5 Å². The number of carbonyl (C=O) groups excluding carboxylic acids is 2. The number of hydrogen-bond acceptors (Lipinski definition) is 5. The van der Waals surface area contributed by atoms with Crippen molar-refractivity contribution in [2.24, 2.45) is 0 Å². The summed E-state index contributed by atoms with van der Waals surface area (Å²) in [6.45, 7) is 4.78. The molecule has 0 heterocycles. The summed E-state index contributed by atoms with van der Waals surface area (Å²) >= 11 is 0. The average molecular weight is 774 g/mol. The predicted molar refractivity (Wildman–Crippen MR) is 236 cm³/mol. The molecule has 1 amide bonds. The van der Waals surface area contributed by atoms with E-state index in [1.165, 1.54) is 128 Å². The van der Waals surface area contributed by atoms with E-state index in [2.05, 4.69) is 43.5 Å². The maximum absolute atomic E-state index is 12.3. The molecule has 322 valence electrons. The maximum Gasteiger partial charge on any atom is 0.305 e. The molecule has 6 heteroatoms. The Kier molecular flexibility index (Phi) is 43.2. The normalized spacial score (nSPS) is 13.0. The zero-order valence-electron chi connectivity index (χ0n) is 36.4. The number of nitrogens with one attached hydrogen (secondary N) is 1. The van der Waals surface area contributed by atoms with Crippen molar-refractivity contribution >= 4 is 11.9 Å². The van der Waals surface area contributed by atoms with Crippen molar-refractivity contribution in [1.29, 1.82) is 0 Å². The van der Waals surface area contributed by atoms with Gasteiger partial charge in [0.15, 0.2) is 0 Å². The lowest BCUT2D eigenvalue weighted by molar-refractivity contribution is -0.143. The van der Waals surface area contributed by atoms with E-state index in [4.69, 9.17) is 4.74 Å². The van der Waals surface area contributed by atoms with Gasteiger partial charge in [-0.25, -0.2) is 0 Å². The molecule has 0 aliphatic heterocycles. The molecule has 0 aliphatic carbocycles. The van der Waals surface area contributed by atoms with E-state index in [1.54, 1.807) is 6.08 Å². The van der Waals surface area contributed by atoms with Gasteiger partial charge >= 0.3 is 5.97 Å². The highest BCUT2D eigenvalue weighted by molar-refractivity contribution is 5.76. The molecular weight excluding hydrogens is 683 g/mol. The van der Waals surface area contributed by atoms with E-state index in [0.717, 1.165) is 83.5 Å². The average Bonchev–Trinajstić information content (AvgIpc) is 3.18. The van der Waals surface area contributed by atoms with E-state index in [9.17, 15) is 19.8 Å². The van der Waals surface area contributed by atoms with Crippen molar-refractivity contribution in [3.05, 3.63) is 36.5 Å². The van der Waals surface area contributed by atoms with Gasteiger partial charge in [0.05, 0.1) is 25.4 Å². The van der Waals surface area contributed by atoms with Crippen LogP contribution in [0.3, 0.4) is 0 Å². The lowest BCUT2D eigenvalue weighted by atomic mass is 10.1. The molecule has 0 spiro atoms. The Balaban J connectivity index is 3.52. The van der Waals surface area contributed by atoms with E-state index in [0.29, 0.717) is 19.4 Å². The van der Waals surface area contributed by atoms with Crippen LogP contribution in [0, 0.1) is 0 Å². The number of esters is 1. The minimum absolute atomic E-state index is 0.0374. The minimum Gasteiger partial charge on any atom is -0.466 e. The summed E-state index contributed by atoms with van der Waals surface area (Å²) in [6.07, 6.45) is 52.9. The molecular formula is C49H91NO5. The minimum atomic E-state index is -0.860. The number of ether oxygens (including phenoxy) is 1. The smallest absolute Gasteiger partial charge is 0.305 e. The second-order valence-corrected chi connectivity index (χ2v) is 16.1. The molecule has 0 rings (SSSR count). The van der Waals surface area contributed by atoms with Gasteiger partial charge in [-0.2, -0.15) is 0 Å². The van der Waals surface area contributed by atoms with E-state index >= 15 is 0 Å². The molecule has 6 nitrogen and oxygen atoms in total. The van der Waals surface area contributed by atoms with Crippen molar-refractivity contribution in [3.8, 4) is 0 Å². The highest BCUT2D eigenvalue weighted by atomic mass is 16.5. The van der Waals surface area contributed by atoms with Crippen molar-refractivity contribution in [2.45, 2.75) is 251 Å². The standard InChI is InChI=1S/C49H91NO5/c1-3-5-7-9-11-13-14-15-16-17-18-19-20-23-27-31-35-39-43-49(54)55-44-40-36-32-28-24-21-22-26-30-34-38-42-48(53)50-46(45-51)47(52)41-37-33-29-25-12-10-8-6-4-2/h16-17,24,28,37,41,46-47,51-52H,3-15,18-23,25-27,29-36,38-40,42-45H2,1-2H3,(H,50,53)/b17-16-,28-24-,41-37+. The van der Waals surface area contributed by atoms with E-state index in [1.807, 2.05) is 6.08 Å². The maximum atomic E-state index is 12.3. The Morgan fingerprint density at radius 1 is 0.491 bits per heavy atom. The molecule has 2 atom stereocenters. The first-order chi connectivity index (χ1) is 27.0. The van der Waals surface area contributed by atoms with Crippen molar-refractivity contribution in [1.82, 2.24) is 5.32 Å². The molecule has 55 heavy (non-hydrogen) atoms. The van der Waals surface area contributed by atoms with Crippen LogP contribution in [-0.4, -0.2) is 47.4 Å². The molecule has 0 saturated carbocycles. The summed E-state index contributed by atoms with van der Waals surface area (Å²) < 4.78 is 5.43. The van der Waals surface area contributed by atoms with Crippen LogP contribution in [0.5, 0.6) is 0 Å². The quantitative estimate of drug-likeness (QED) is 0.0326. The number of allylic oxidation sites excluding steroid dienone is 5. The predicted octanol–water partition coefficient (Wildman–Crippen LogP) is 13.7. The fraction of sp³-hybridized carbons (Fsp3) is 0.837. The zero-order chi connectivity index (χ0) is 40.1. The molecule has 0 saturated heterocycles. The summed E-state index contributed by atoms with van der Waals surface area (Å²) in [5, 5.41) is 22.8. The van der Waals surface area contributed by atoms with Gasteiger partial charge in [0.2, 0.25) is 5.91 Å². The van der Waals surface area contributed by atoms with Gasteiger partial charge in [0.1, 0.15) is 0 Å². The number of aliphatic hydroxyl groups excluding tert-OH is 2. The molecule has 0 radical (unpaired) electrons. The third-order valence-corrected chi connectivity index (χ3v) is 10.6. The summed E-state index contributed by atoms with van der Waals surface area (Å²) in [5.74, 6) is -0.139. The highest BCUT2D eigenvalue weighted by Crippen LogP contribution is 2.13. The zero-order valence-corrected chi connectivity index (χ0v) is 36.4. The fourth-order valence-electron chi connectivity index (χ4n) is 6.91. The Labute approximate surface area is 341 Å². The second-order valence-electron chi connectivity index (χ2n) is 16.1. The topological polar surface area (TPSA) is 95.9 Å².